The highest BCUT2D eigenvalue weighted by atomic mass is 16.5. The largest absolute Gasteiger partial charge is 0.469 e. The van der Waals surface area contributed by atoms with Gasteiger partial charge >= 0.3 is 0 Å². The molecule has 1 saturated heterocycles. The minimum absolute atomic E-state index is 0.00437. The highest BCUT2D eigenvalue weighted by molar-refractivity contribution is 6.01. The van der Waals surface area contributed by atoms with E-state index < -0.39 is 0 Å². The fraction of sp³-hybridized carbons (Fsp3) is 0.560. The van der Waals surface area contributed by atoms with Crippen molar-refractivity contribution in [3.63, 3.8) is 0 Å². The fourth-order valence-electron chi connectivity index (χ4n) is 4.31. The van der Waals surface area contributed by atoms with Gasteiger partial charge in [-0.05, 0) is 45.3 Å². The number of nitrogens with zero attached hydrogens (tertiary/aromatic N) is 3. The lowest BCUT2D eigenvalue weighted by molar-refractivity contribution is -0.0115. The molecule has 2 aliphatic heterocycles. The van der Waals surface area contributed by atoms with Gasteiger partial charge in [-0.25, -0.2) is 0 Å². The Morgan fingerprint density at radius 3 is 2.62 bits per heavy atom. The van der Waals surface area contributed by atoms with Gasteiger partial charge in [0.25, 0.3) is 5.91 Å². The molecule has 0 aromatic carbocycles. The maximum atomic E-state index is 12.9. The Balaban J connectivity index is 1.83. The lowest BCUT2D eigenvalue weighted by Gasteiger charge is -2.40. The molecule has 1 atom stereocenters. The lowest BCUT2D eigenvalue weighted by atomic mass is 9.84. The van der Waals surface area contributed by atoms with E-state index in [9.17, 15) is 10.1 Å². The maximum Gasteiger partial charge on any atom is 0.257 e. The molecule has 0 unspecified atom stereocenters. The normalized spacial score (nSPS) is 21.7. The summed E-state index contributed by atoms with van der Waals surface area (Å²) in [5.41, 5.74) is 3.06. The van der Waals surface area contributed by atoms with E-state index in [1.165, 1.54) is 0 Å². The first-order chi connectivity index (χ1) is 15.0. The summed E-state index contributed by atoms with van der Waals surface area (Å²) in [6.45, 7) is 14.0. The molecule has 1 aromatic heterocycles. The van der Waals surface area contributed by atoms with Gasteiger partial charge < -0.3 is 24.4 Å². The molecule has 3 heterocycles. The van der Waals surface area contributed by atoms with Gasteiger partial charge in [0.05, 0.1) is 29.6 Å². The first-order valence-corrected chi connectivity index (χ1v) is 11.2. The van der Waals surface area contributed by atoms with Crippen molar-refractivity contribution in [2.75, 3.05) is 26.2 Å². The number of hydrogen-bond acceptors (Lipinski definition) is 6. The summed E-state index contributed by atoms with van der Waals surface area (Å²) in [4.78, 5) is 16.9. The van der Waals surface area contributed by atoms with Crippen LogP contribution in [0.2, 0.25) is 0 Å². The van der Waals surface area contributed by atoms with Gasteiger partial charge in [0, 0.05) is 49.6 Å². The Bertz CT molecular complexity index is 993. The van der Waals surface area contributed by atoms with Crippen LogP contribution in [0.1, 0.15) is 57.2 Å². The predicted molar refractivity (Wildman–Crippen MR) is 123 cm³/mol. The second-order valence-corrected chi connectivity index (χ2v) is 9.64. The zero-order valence-corrected chi connectivity index (χ0v) is 20.0. The van der Waals surface area contributed by atoms with Gasteiger partial charge in [-0.1, -0.05) is 13.8 Å². The van der Waals surface area contributed by atoms with Crippen molar-refractivity contribution in [2.24, 2.45) is 5.92 Å². The summed E-state index contributed by atoms with van der Waals surface area (Å²) in [5, 5.41) is 18.6. The van der Waals surface area contributed by atoms with Crippen molar-refractivity contribution in [1.82, 2.24) is 9.80 Å². The average Bonchev–Trinajstić information content (AvgIpc) is 3.16. The van der Waals surface area contributed by atoms with Crippen LogP contribution >= 0.6 is 0 Å². The maximum absolute atomic E-state index is 12.9. The molecule has 1 amide bonds. The van der Waals surface area contributed by atoms with Crippen LogP contribution in [0.5, 0.6) is 0 Å². The average molecular weight is 439 g/mol. The second-order valence-electron chi connectivity index (χ2n) is 9.64. The fourth-order valence-corrected chi connectivity index (χ4v) is 4.31. The Morgan fingerprint density at radius 1 is 1.34 bits per heavy atom. The summed E-state index contributed by atoms with van der Waals surface area (Å²) in [5.74, 6) is 0.672. The monoisotopic (exact) mass is 438 g/mol. The van der Waals surface area contributed by atoms with Crippen molar-refractivity contribution in [3.8, 4) is 6.07 Å². The predicted octanol–water partition coefficient (Wildman–Crippen LogP) is 4.31. The molecule has 2 aliphatic rings. The number of nitriles is 1. The van der Waals surface area contributed by atoms with E-state index in [1.54, 1.807) is 19.3 Å². The minimum atomic E-state index is -0.382. The molecule has 7 heteroatoms. The topological polar surface area (TPSA) is 93.6 Å². The summed E-state index contributed by atoms with van der Waals surface area (Å²) in [6, 6.07) is 4.09. The summed E-state index contributed by atoms with van der Waals surface area (Å²) in [6.07, 6.45) is 4.04. The number of carbonyl (C=O) groups is 1. The van der Waals surface area contributed by atoms with E-state index in [0.717, 1.165) is 11.1 Å². The van der Waals surface area contributed by atoms with E-state index in [1.807, 2.05) is 45.7 Å². The second kappa shape index (κ2) is 9.33. The number of nitrogens with one attached hydrogen (secondary N) is 1. The molecule has 0 aliphatic carbocycles. The number of rotatable bonds is 5. The zero-order chi connectivity index (χ0) is 23.6. The van der Waals surface area contributed by atoms with Gasteiger partial charge in [0.1, 0.15) is 11.8 Å². The summed E-state index contributed by atoms with van der Waals surface area (Å²) < 4.78 is 11.3. The molecule has 0 saturated carbocycles. The molecule has 1 N–H and O–H groups in total. The number of carbonyl (C=O) groups excluding carboxylic acids is 1. The van der Waals surface area contributed by atoms with E-state index in [-0.39, 0.29) is 23.5 Å². The van der Waals surface area contributed by atoms with Gasteiger partial charge in [0.15, 0.2) is 0 Å². The molecule has 172 valence electrons. The number of furan rings is 1. The first-order valence-electron chi connectivity index (χ1n) is 11.2. The molecular formula is C25H34N4O3. The molecule has 32 heavy (non-hydrogen) atoms. The van der Waals surface area contributed by atoms with E-state index in [0.29, 0.717) is 55.3 Å². The third-order valence-corrected chi connectivity index (χ3v) is 6.24. The quantitative estimate of drug-likeness (QED) is 0.546. The van der Waals surface area contributed by atoms with E-state index in [2.05, 4.69) is 11.0 Å². The first kappa shape index (κ1) is 23.8. The third-order valence-electron chi connectivity index (χ3n) is 6.24. The SMILES string of the molecule is Cc1occc1C(=O)N1CCN(C=C(C#N)C2=C(C(=N)C(C)C)COC(C)(C)C2)C[C@H]1C. The lowest BCUT2D eigenvalue weighted by Crippen LogP contribution is -2.52. The standard InChI is InChI=1S/C25H34N4O3/c1-16(2)23(27)22-15-32-25(5,6)11-21(22)19(12-26)14-28-8-9-29(17(3)13-28)24(30)20-7-10-31-18(20)4/h7,10,14,16-17,27H,8-9,11,13,15H2,1-6H3/t17-/m1/s1. The Morgan fingerprint density at radius 2 is 2.06 bits per heavy atom. The van der Waals surface area contributed by atoms with Crippen LogP contribution in [-0.2, 0) is 4.74 Å². The van der Waals surface area contributed by atoms with E-state index in [4.69, 9.17) is 14.6 Å². The van der Waals surface area contributed by atoms with Crippen LogP contribution in [0.25, 0.3) is 0 Å². The molecule has 0 radical (unpaired) electrons. The molecule has 3 rings (SSSR count). The van der Waals surface area contributed by atoms with Gasteiger partial charge in [-0.3, -0.25) is 4.79 Å². The van der Waals surface area contributed by atoms with Crippen LogP contribution in [0, 0.1) is 29.6 Å². The smallest absolute Gasteiger partial charge is 0.257 e. The van der Waals surface area contributed by atoms with Crippen molar-refractivity contribution in [1.29, 1.82) is 10.7 Å². The van der Waals surface area contributed by atoms with Crippen LogP contribution in [0.15, 0.2) is 39.7 Å². The number of allylic oxidation sites excluding steroid dienone is 1. The van der Waals surface area contributed by atoms with Crippen molar-refractivity contribution in [3.05, 3.63) is 46.6 Å². The van der Waals surface area contributed by atoms with Crippen LogP contribution in [0.3, 0.4) is 0 Å². The summed E-state index contributed by atoms with van der Waals surface area (Å²) >= 11 is 0. The number of amides is 1. The van der Waals surface area contributed by atoms with Gasteiger partial charge in [0.2, 0.25) is 0 Å². The molecule has 7 nitrogen and oxygen atoms in total. The zero-order valence-electron chi connectivity index (χ0n) is 20.0. The Labute approximate surface area is 190 Å². The summed E-state index contributed by atoms with van der Waals surface area (Å²) in [7, 11) is 0. The molecular weight excluding hydrogens is 404 g/mol. The van der Waals surface area contributed by atoms with Crippen LogP contribution < -0.4 is 0 Å². The Kier molecular flexibility index (Phi) is 6.94. The van der Waals surface area contributed by atoms with Crippen LogP contribution in [-0.4, -0.2) is 59.3 Å². The highest BCUT2D eigenvalue weighted by Crippen LogP contribution is 2.34. The Hall–Kier alpha value is -2.85. The van der Waals surface area contributed by atoms with Crippen molar-refractivity contribution < 1.29 is 13.9 Å². The molecule has 0 spiro atoms. The minimum Gasteiger partial charge on any atom is -0.469 e. The number of ether oxygens (including phenoxy) is 1. The van der Waals surface area contributed by atoms with Gasteiger partial charge in [-0.2, -0.15) is 5.26 Å². The molecule has 1 aromatic rings. The van der Waals surface area contributed by atoms with Gasteiger partial charge in [-0.15, -0.1) is 0 Å². The van der Waals surface area contributed by atoms with Crippen molar-refractivity contribution >= 4 is 11.6 Å². The number of hydrogen-bond donors (Lipinski definition) is 1. The number of aryl methyl sites for hydroxylation is 1. The van der Waals surface area contributed by atoms with E-state index >= 15 is 0 Å². The van der Waals surface area contributed by atoms with Crippen molar-refractivity contribution in [2.45, 2.75) is 59.6 Å². The molecule has 1 fully saturated rings. The third kappa shape index (κ3) is 4.97. The number of piperazine rings is 1. The highest BCUT2D eigenvalue weighted by Gasteiger charge is 2.33. The molecule has 0 bridgehead atoms. The van der Waals surface area contributed by atoms with Crippen LogP contribution in [0.4, 0.5) is 0 Å².